The Kier molecular flexibility index (Phi) is 4.47. The van der Waals surface area contributed by atoms with Crippen LogP contribution in [0.1, 0.15) is 23.0 Å². The number of carbonyl (C=O) groups excluding carboxylic acids is 2. The molecule has 6 heteroatoms. The average Bonchev–Trinajstić information content (AvgIpc) is 2.67. The molecule has 0 N–H and O–H groups in total. The van der Waals surface area contributed by atoms with Gasteiger partial charge < -0.3 is 9.64 Å². The normalized spacial score (nSPS) is 12.1. The van der Waals surface area contributed by atoms with Crippen LogP contribution in [-0.2, 0) is 16.6 Å². The molecule has 0 saturated carbocycles. The largest absolute Gasteiger partial charge is 0.469 e. The molecule has 18 heavy (non-hydrogen) atoms. The minimum absolute atomic E-state index is 0.142. The molecular weight excluding hydrogens is 234 g/mol. The van der Waals surface area contributed by atoms with Crippen LogP contribution in [0.3, 0.4) is 0 Å². The summed E-state index contributed by atoms with van der Waals surface area (Å²) in [5.41, 5.74) is 1.36. The van der Waals surface area contributed by atoms with Crippen LogP contribution in [0.15, 0.2) is 6.20 Å². The van der Waals surface area contributed by atoms with Crippen LogP contribution in [0, 0.1) is 12.8 Å². The third kappa shape index (κ3) is 2.88. The highest BCUT2D eigenvalue weighted by Gasteiger charge is 2.21. The lowest BCUT2D eigenvalue weighted by atomic mass is 10.1. The van der Waals surface area contributed by atoms with E-state index in [1.807, 2.05) is 6.92 Å². The molecule has 0 aliphatic rings. The summed E-state index contributed by atoms with van der Waals surface area (Å²) in [5, 5.41) is 4.03. The zero-order valence-corrected chi connectivity index (χ0v) is 11.4. The molecule has 0 bridgehead atoms. The van der Waals surface area contributed by atoms with Gasteiger partial charge in [-0.2, -0.15) is 5.10 Å². The van der Waals surface area contributed by atoms with E-state index in [2.05, 4.69) is 9.84 Å². The van der Waals surface area contributed by atoms with Gasteiger partial charge in [0.1, 0.15) is 0 Å². The SMILES string of the molecule is COC(=O)C(C)CN(C)C(=O)c1cnn(C)c1C. The first-order chi connectivity index (χ1) is 8.38. The predicted molar refractivity (Wildman–Crippen MR) is 66.1 cm³/mol. The molecule has 1 rings (SSSR count). The Labute approximate surface area is 107 Å². The zero-order valence-electron chi connectivity index (χ0n) is 11.4. The van der Waals surface area contributed by atoms with E-state index in [0.29, 0.717) is 12.1 Å². The van der Waals surface area contributed by atoms with Gasteiger partial charge in [-0.3, -0.25) is 14.3 Å². The summed E-state index contributed by atoms with van der Waals surface area (Å²) in [6.45, 7) is 3.88. The fourth-order valence-electron chi connectivity index (χ4n) is 1.68. The Balaban J connectivity index is 2.73. The fourth-order valence-corrected chi connectivity index (χ4v) is 1.68. The number of nitrogens with zero attached hydrogens (tertiary/aromatic N) is 3. The monoisotopic (exact) mass is 253 g/mol. The Morgan fingerprint density at radius 1 is 1.56 bits per heavy atom. The fraction of sp³-hybridized carbons (Fsp3) is 0.583. The van der Waals surface area contributed by atoms with E-state index in [4.69, 9.17) is 0 Å². The topological polar surface area (TPSA) is 64.4 Å². The first-order valence-corrected chi connectivity index (χ1v) is 5.70. The second-order valence-corrected chi connectivity index (χ2v) is 4.38. The third-order valence-electron chi connectivity index (χ3n) is 2.96. The van der Waals surface area contributed by atoms with Crippen molar-refractivity contribution >= 4 is 11.9 Å². The van der Waals surface area contributed by atoms with Crippen molar-refractivity contribution in [3.63, 3.8) is 0 Å². The molecule has 1 atom stereocenters. The molecule has 0 aliphatic heterocycles. The van der Waals surface area contributed by atoms with E-state index in [-0.39, 0.29) is 17.8 Å². The number of carbonyl (C=O) groups is 2. The lowest BCUT2D eigenvalue weighted by Crippen LogP contribution is -2.34. The highest BCUT2D eigenvalue weighted by atomic mass is 16.5. The van der Waals surface area contributed by atoms with Crippen molar-refractivity contribution in [3.8, 4) is 0 Å². The van der Waals surface area contributed by atoms with Crippen LogP contribution in [-0.4, -0.2) is 47.3 Å². The minimum atomic E-state index is -0.346. The van der Waals surface area contributed by atoms with Gasteiger partial charge in [0.05, 0.1) is 24.8 Å². The Bertz CT molecular complexity index is 453. The van der Waals surface area contributed by atoms with Gasteiger partial charge in [-0.25, -0.2) is 0 Å². The lowest BCUT2D eigenvalue weighted by Gasteiger charge is -2.20. The number of amides is 1. The second kappa shape index (κ2) is 5.66. The minimum Gasteiger partial charge on any atom is -0.469 e. The standard InChI is InChI=1S/C12H19N3O3/c1-8(12(17)18-5)7-14(3)11(16)10-6-13-15(4)9(10)2/h6,8H,7H2,1-5H3. The molecule has 1 aromatic rings. The molecule has 0 radical (unpaired) electrons. The highest BCUT2D eigenvalue weighted by Crippen LogP contribution is 2.10. The van der Waals surface area contributed by atoms with Crippen LogP contribution in [0.2, 0.25) is 0 Å². The summed E-state index contributed by atoms with van der Waals surface area (Å²) in [5.74, 6) is -0.810. The van der Waals surface area contributed by atoms with Crippen molar-refractivity contribution in [2.24, 2.45) is 13.0 Å². The zero-order chi connectivity index (χ0) is 13.9. The van der Waals surface area contributed by atoms with Gasteiger partial charge in [-0.15, -0.1) is 0 Å². The lowest BCUT2D eigenvalue weighted by molar-refractivity contribution is -0.145. The van der Waals surface area contributed by atoms with Crippen LogP contribution in [0.5, 0.6) is 0 Å². The molecule has 1 unspecified atom stereocenters. The van der Waals surface area contributed by atoms with Crippen molar-refractivity contribution < 1.29 is 14.3 Å². The van der Waals surface area contributed by atoms with Crippen molar-refractivity contribution in [2.75, 3.05) is 20.7 Å². The molecule has 0 aliphatic carbocycles. The first-order valence-electron chi connectivity index (χ1n) is 5.70. The molecule has 6 nitrogen and oxygen atoms in total. The summed E-state index contributed by atoms with van der Waals surface area (Å²) >= 11 is 0. The maximum absolute atomic E-state index is 12.1. The van der Waals surface area contributed by atoms with Gasteiger partial charge >= 0.3 is 5.97 Å². The van der Waals surface area contributed by atoms with Gasteiger partial charge in [-0.1, -0.05) is 6.92 Å². The van der Waals surface area contributed by atoms with E-state index in [0.717, 1.165) is 5.69 Å². The summed E-state index contributed by atoms with van der Waals surface area (Å²) in [4.78, 5) is 25.0. The van der Waals surface area contributed by atoms with Crippen LogP contribution < -0.4 is 0 Å². The molecule has 1 amide bonds. The Hall–Kier alpha value is -1.85. The number of aryl methyl sites for hydroxylation is 1. The molecule has 1 heterocycles. The Morgan fingerprint density at radius 3 is 2.61 bits per heavy atom. The molecule has 0 saturated heterocycles. The number of methoxy groups -OCH3 is 1. The summed E-state index contributed by atoms with van der Waals surface area (Å²) in [6.07, 6.45) is 1.54. The maximum atomic E-state index is 12.1. The van der Waals surface area contributed by atoms with E-state index in [1.54, 1.807) is 25.7 Å². The third-order valence-corrected chi connectivity index (χ3v) is 2.96. The van der Waals surface area contributed by atoms with Gasteiger partial charge in [0, 0.05) is 26.3 Å². The average molecular weight is 253 g/mol. The number of ether oxygens (including phenoxy) is 1. The van der Waals surface area contributed by atoms with Gasteiger partial charge in [-0.05, 0) is 6.92 Å². The number of hydrogen-bond acceptors (Lipinski definition) is 4. The summed E-state index contributed by atoms with van der Waals surface area (Å²) in [6, 6.07) is 0. The number of esters is 1. The van der Waals surface area contributed by atoms with Gasteiger partial charge in [0.15, 0.2) is 0 Å². The second-order valence-electron chi connectivity index (χ2n) is 4.38. The quantitative estimate of drug-likeness (QED) is 0.737. The van der Waals surface area contributed by atoms with Gasteiger partial charge in [0.25, 0.3) is 5.91 Å². The van der Waals surface area contributed by atoms with Crippen molar-refractivity contribution in [1.29, 1.82) is 0 Å². The van der Waals surface area contributed by atoms with E-state index in [9.17, 15) is 9.59 Å². The summed E-state index contributed by atoms with van der Waals surface area (Å²) < 4.78 is 6.28. The molecule has 100 valence electrons. The van der Waals surface area contributed by atoms with Crippen LogP contribution in [0.25, 0.3) is 0 Å². The van der Waals surface area contributed by atoms with Crippen molar-refractivity contribution in [1.82, 2.24) is 14.7 Å². The van der Waals surface area contributed by atoms with Crippen molar-refractivity contribution in [3.05, 3.63) is 17.5 Å². The number of hydrogen-bond donors (Lipinski definition) is 0. The molecule has 0 aromatic carbocycles. The maximum Gasteiger partial charge on any atom is 0.310 e. The smallest absolute Gasteiger partial charge is 0.310 e. The molecule has 1 aromatic heterocycles. The number of aromatic nitrogens is 2. The molecular formula is C12H19N3O3. The van der Waals surface area contributed by atoms with Crippen molar-refractivity contribution in [2.45, 2.75) is 13.8 Å². The Morgan fingerprint density at radius 2 is 2.17 bits per heavy atom. The predicted octanol–water partition coefficient (Wildman–Crippen LogP) is 0.610. The van der Waals surface area contributed by atoms with Gasteiger partial charge in [0.2, 0.25) is 0 Å². The van der Waals surface area contributed by atoms with E-state index >= 15 is 0 Å². The molecule has 0 spiro atoms. The van der Waals surface area contributed by atoms with E-state index < -0.39 is 0 Å². The van der Waals surface area contributed by atoms with E-state index in [1.165, 1.54) is 18.2 Å². The number of rotatable bonds is 4. The van der Waals surface area contributed by atoms with Crippen LogP contribution >= 0.6 is 0 Å². The highest BCUT2D eigenvalue weighted by molar-refractivity contribution is 5.95. The van der Waals surface area contributed by atoms with Crippen LogP contribution in [0.4, 0.5) is 0 Å². The first kappa shape index (κ1) is 14.2. The molecule has 0 fully saturated rings. The summed E-state index contributed by atoms with van der Waals surface area (Å²) in [7, 11) is 4.78.